The molecule has 28 heavy (non-hydrogen) atoms. The topological polar surface area (TPSA) is 101 Å². The summed E-state index contributed by atoms with van der Waals surface area (Å²) in [5.74, 6) is 0.626. The van der Waals surface area contributed by atoms with Gasteiger partial charge in [0, 0.05) is 37.7 Å². The SMILES string of the molecule is CC(=O)Nc1cccc(C(C)NC(=O)NCc2ccc(-n3ccnc3)nc2)c1. The van der Waals surface area contributed by atoms with Crippen LogP contribution in [0.4, 0.5) is 10.5 Å². The minimum Gasteiger partial charge on any atom is -0.334 e. The summed E-state index contributed by atoms with van der Waals surface area (Å²) < 4.78 is 1.81. The highest BCUT2D eigenvalue weighted by atomic mass is 16.2. The van der Waals surface area contributed by atoms with E-state index in [-0.39, 0.29) is 18.0 Å². The first-order valence-corrected chi connectivity index (χ1v) is 8.86. The second-order valence-corrected chi connectivity index (χ2v) is 6.35. The molecule has 3 amide bonds. The predicted molar refractivity (Wildman–Crippen MR) is 106 cm³/mol. The Bertz CT molecular complexity index is 938. The number of imidazole rings is 1. The number of hydrogen-bond acceptors (Lipinski definition) is 4. The van der Waals surface area contributed by atoms with Crippen molar-refractivity contribution < 1.29 is 9.59 Å². The highest BCUT2D eigenvalue weighted by Crippen LogP contribution is 2.17. The zero-order valence-electron chi connectivity index (χ0n) is 15.7. The number of carbonyl (C=O) groups is 2. The Balaban J connectivity index is 1.52. The van der Waals surface area contributed by atoms with Crippen LogP contribution in [0.3, 0.4) is 0 Å². The second kappa shape index (κ2) is 8.81. The van der Waals surface area contributed by atoms with Crippen LogP contribution in [-0.2, 0) is 11.3 Å². The molecule has 1 atom stereocenters. The molecule has 3 N–H and O–H groups in total. The van der Waals surface area contributed by atoms with E-state index in [4.69, 9.17) is 0 Å². The monoisotopic (exact) mass is 378 g/mol. The summed E-state index contributed by atoms with van der Waals surface area (Å²) >= 11 is 0. The number of anilines is 1. The van der Waals surface area contributed by atoms with Crippen molar-refractivity contribution in [3.8, 4) is 5.82 Å². The zero-order chi connectivity index (χ0) is 19.9. The predicted octanol–water partition coefficient (Wildman–Crippen LogP) is 2.79. The summed E-state index contributed by atoms with van der Waals surface area (Å²) in [7, 11) is 0. The zero-order valence-corrected chi connectivity index (χ0v) is 15.7. The molecule has 8 heteroatoms. The van der Waals surface area contributed by atoms with Gasteiger partial charge in [0.1, 0.15) is 12.1 Å². The maximum absolute atomic E-state index is 12.2. The molecule has 0 aliphatic heterocycles. The van der Waals surface area contributed by atoms with Crippen LogP contribution in [0, 0.1) is 0 Å². The molecule has 2 heterocycles. The normalized spacial score (nSPS) is 11.5. The first kappa shape index (κ1) is 19.1. The smallest absolute Gasteiger partial charge is 0.315 e. The average Bonchev–Trinajstić information content (AvgIpc) is 3.21. The molecule has 144 valence electrons. The Morgan fingerprint density at radius 3 is 2.75 bits per heavy atom. The van der Waals surface area contributed by atoms with Crippen LogP contribution in [0.1, 0.15) is 31.0 Å². The number of aromatic nitrogens is 3. The van der Waals surface area contributed by atoms with Crippen molar-refractivity contribution in [3.63, 3.8) is 0 Å². The van der Waals surface area contributed by atoms with Crippen LogP contribution in [0.2, 0.25) is 0 Å². The third-order valence-corrected chi connectivity index (χ3v) is 4.09. The molecule has 0 bridgehead atoms. The lowest BCUT2D eigenvalue weighted by molar-refractivity contribution is -0.114. The molecule has 2 aromatic heterocycles. The quantitative estimate of drug-likeness (QED) is 0.614. The van der Waals surface area contributed by atoms with Crippen molar-refractivity contribution in [2.24, 2.45) is 0 Å². The molecule has 3 rings (SSSR count). The van der Waals surface area contributed by atoms with Gasteiger partial charge in [0.05, 0.1) is 6.04 Å². The third kappa shape index (κ3) is 5.16. The maximum atomic E-state index is 12.2. The standard InChI is InChI=1S/C20H22N6O2/c1-14(17-4-3-5-18(10-17)25-15(2)27)24-20(28)23-12-16-6-7-19(22-11-16)26-9-8-21-13-26/h3-11,13-14H,12H2,1-2H3,(H,25,27)(H2,23,24,28). The Morgan fingerprint density at radius 2 is 2.07 bits per heavy atom. The van der Waals surface area contributed by atoms with E-state index in [1.54, 1.807) is 29.4 Å². The van der Waals surface area contributed by atoms with E-state index in [0.717, 1.165) is 16.9 Å². The number of pyridine rings is 1. The van der Waals surface area contributed by atoms with E-state index in [9.17, 15) is 9.59 Å². The average molecular weight is 378 g/mol. The fourth-order valence-corrected chi connectivity index (χ4v) is 2.67. The van der Waals surface area contributed by atoms with E-state index in [0.29, 0.717) is 12.2 Å². The van der Waals surface area contributed by atoms with E-state index in [1.165, 1.54) is 6.92 Å². The molecule has 0 fully saturated rings. The maximum Gasteiger partial charge on any atom is 0.315 e. The molecule has 0 saturated heterocycles. The third-order valence-electron chi connectivity index (χ3n) is 4.09. The molecule has 3 aromatic rings. The van der Waals surface area contributed by atoms with Crippen LogP contribution >= 0.6 is 0 Å². The van der Waals surface area contributed by atoms with Crippen molar-refractivity contribution in [1.82, 2.24) is 25.2 Å². The molecule has 0 radical (unpaired) electrons. The number of nitrogens with zero attached hydrogens (tertiary/aromatic N) is 3. The van der Waals surface area contributed by atoms with Crippen molar-refractivity contribution in [1.29, 1.82) is 0 Å². The number of nitrogens with one attached hydrogen (secondary N) is 3. The second-order valence-electron chi connectivity index (χ2n) is 6.35. The van der Waals surface area contributed by atoms with E-state index in [1.807, 2.05) is 43.5 Å². The number of rotatable bonds is 6. The van der Waals surface area contributed by atoms with Crippen LogP contribution in [0.5, 0.6) is 0 Å². The van der Waals surface area contributed by atoms with Gasteiger partial charge >= 0.3 is 6.03 Å². The van der Waals surface area contributed by atoms with Gasteiger partial charge in [-0.25, -0.2) is 14.8 Å². The van der Waals surface area contributed by atoms with E-state index >= 15 is 0 Å². The van der Waals surface area contributed by atoms with Crippen LogP contribution in [0.15, 0.2) is 61.3 Å². The number of benzene rings is 1. The summed E-state index contributed by atoms with van der Waals surface area (Å²) in [5.41, 5.74) is 2.48. The summed E-state index contributed by atoms with van der Waals surface area (Å²) in [6.45, 7) is 3.70. The molecule has 0 spiro atoms. The van der Waals surface area contributed by atoms with Crippen molar-refractivity contribution in [2.75, 3.05) is 5.32 Å². The van der Waals surface area contributed by atoms with Gasteiger partial charge in [-0.1, -0.05) is 18.2 Å². The highest BCUT2D eigenvalue weighted by molar-refractivity contribution is 5.88. The Kier molecular flexibility index (Phi) is 6.01. The van der Waals surface area contributed by atoms with Gasteiger partial charge in [0.15, 0.2) is 0 Å². The molecular formula is C20H22N6O2. The highest BCUT2D eigenvalue weighted by Gasteiger charge is 2.10. The molecule has 0 saturated carbocycles. The summed E-state index contributed by atoms with van der Waals surface area (Å²) in [4.78, 5) is 31.7. The van der Waals surface area contributed by atoms with Crippen molar-refractivity contribution in [3.05, 3.63) is 72.4 Å². The van der Waals surface area contributed by atoms with Gasteiger partial charge < -0.3 is 16.0 Å². The fourth-order valence-electron chi connectivity index (χ4n) is 2.67. The summed E-state index contributed by atoms with van der Waals surface area (Å²) in [6.07, 6.45) is 6.90. The minimum absolute atomic E-state index is 0.136. The van der Waals surface area contributed by atoms with E-state index in [2.05, 4.69) is 25.9 Å². The molecule has 0 aliphatic rings. The van der Waals surface area contributed by atoms with Gasteiger partial charge in [-0.15, -0.1) is 0 Å². The Morgan fingerprint density at radius 1 is 1.21 bits per heavy atom. The Hall–Kier alpha value is -3.68. The lowest BCUT2D eigenvalue weighted by atomic mass is 10.1. The Labute approximate surface area is 163 Å². The number of hydrogen-bond donors (Lipinski definition) is 3. The molecule has 1 unspecified atom stereocenters. The first-order valence-electron chi connectivity index (χ1n) is 8.86. The molecule has 0 aliphatic carbocycles. The van der Waals surface area contributed by atoms with Gasteiger partial charge in [-0.3, -0.25) is 9.36 Å². The lowest BCUT2D eigenvalue weighted by Crippen LogP contribution is -2.36. The minimum atomic E-state index is -0.281. The van der Waals surface area contributed by atoms with Crippen LogP contribution < -0.4 is 16.0 Å². The van der Waals surface area contributed by atoms with Crippen LogP contribution in [0.25, 0.3) is 5.82 Å². The fraction of sp³-hybridized carbons (Fsp3) is 0.200. The number of amides is 3. The molecule has 1 aromatic carbocycles. The summed E-state index contributed by atoms with van der Waals surface area (Å²) in [5, 5.41) is 8.44. The van der Waals surface area contributed by atoms with E-state index < -0.39 is 0 Å². The summed E-state index contributed by atoms with van der Waals surface area (Å²) in [6, 6.07) is 10.7. The van der Waals surface area contributed by atoms with Gasteiger partial charge in [0.25, 0.3) is 0 Å². The molecular weight excluding hydrogens is 356 g/mol. The van der Waals surface area contributed by atoms with Crippen molar-refractivity contribution in [2.45, 2.75) is 26.4 Å². The number of urea groups is 1. The molecule has 8 nitrogen and oxygen atoms in total. The van der Waals surface area contributed by atoms with Gasteiger partial charge in [-0.2, -0.15) is 0 Å². The lowest BCUT2D eigenvalue weighted by Gasteiger charge is -2.16. The number of carbonyl (C=O) groups excluding carboxylic acids is 2. The first-order chi connectivity index (χ1) is 13.5. The van der Waals surface area contributed by atoms with Gasteiger partial charge in [0.2, 0.25) is 5.91 Å². The largest absolute Gasteiger partial charge is 0.334 e. The van der Waals surface area contributed by atoms with Crippen molar-refractivity contribution >= 4 is 17.6 Å². The van der Waals surface area contributed by atoms with Crippen LogP contribution in [-0.4, -0.2) is 26.5 Å². The van der Waals surface area contributed by atoms with Gasteiger partial charge in [-0.05, 0) is 36.2 Å².